The molecule has 432 valence electrons. The van der Waals surface area contributed by atoms with Crippen molar-refractivity contribution in [3.8, 4) is 23.0 Å². The van der Waals surface area contributed by atoms with Gasteiger partial charge >= 0.3 is 0 Å². The van der Waals surface area contributed by atoms with Crippen molar-refractivity contribution in [1.29, 1.82) is 0 Å². The molecule has 4 aromatic carbocycles. The van der Waals surface area contributed by atoms with E-state index in [1.54, 1.807) is 0 Å². The van der Waals surface area contributed by atoms with Crippen molar-refractivity contribution in [2.24, 2.45) is 11.8 Å². The zero-order valence-corrected chi connectivity index (χ0v) is 49.9. The van der Waals surface area contributed by atoms with Crippen LogP contribution in [0.4, 0.5) is 0 Å². The van der Waals surface area contributed by atoms with Crippen molar-refractivity contribution in [1.82, 2.24) is 19.6 Å². The Hall–Kier alpha value is -4.08. The molecule has 0 aliphatic carbocycles. The number of piperidine rings is 3. The Morgan fingerprint density at radius 2 is 0.805 bits per heavy atom. The summed E-state index contributed by atoms with van der Waals surface area (Å²) in [7, 11) is 0. The molecule has 0 radical (unpaired) electrons. The highest BCUT2D eigenvalue weighted by atomic mass is 16.5. The van der Waals surface area contributed by atoms with E-state index >= 15 is 0 Å². The van der Waals surface area contributed by atoms with E-state index in [0.29, 0.717) is 0 Å². The van der Waals surface area contributed by atoms with Crippen molar-refractivity contribution >= 4 is 0 Å². The summed E-state index contributed by atoms with van der Waals surface area (Å²) in [5.41, 5.74) is 0. The van der Waals surface area contributed by atoms with Crippen LogP contribution < -0.4 is 18.9 Å². The van der Waals surface area contributed by atoms with Gasteiger partial charge in [0.2, 0.25) is 0 Å². The van der Waals surface area contributed by atoms with Crippen LogP contribution in [0.3, 0.4) is 0 Å². The van der Waals surface area contributed by atoms with E-state index in [-0.39, 0.29) is 0 Å². The molecule has 8 heteroatoms. The number of hydrogen-bond donors (Lipinski definition) is 0. The topological polar surface area (TPSA) is 49.9 Å². The van der Waals surface area contributed by atoms with Gasteiger partial charge in [-0.25, -0.2) is 0 Å². The summed E-state index contributed by atoms with van der Waals surface area (Å²) in [6.45, 7) is 29.0. The normalized spacial score (nSPS) is 16.5. The Kier molecular flexibility index (Phi) is 38.0. The van der Waals surface area contributed by atoms with E-state index in [2.05, 4.69) is 54.2 Å². The monoisotopic (exact) mass is 1060 g/mol. The fraction of sp³-hybridized carbons (Fsp3) is 0.652. The molecule has 0 spiro atoms. The minimum atomic E-state index is 0.800. The third kappa shape index (κ3) is 33.2. The van der Waals surface area contributed by atoms with Crippen LogP contribution in [0.25, 0.3) is 0 Å². The zero-order valence-electron chi connectivity index (χ0n) is 49.9. The van der Waals surface area contributed by atoms with Gasteiger partial charge in [-0.15, -0.1) is 0 Å². The van der Waals surface area contributed by atoms with Crippen molar-refractivity contribution < 1.29 is 18.9 Å². The number of hydrogen-bond acceptors (Lipinski definition) is 8. The van der Waals surface area contributed by atoms with Crippen LogP contribution in [0.1, 0.15) is 176 Å². The summed E-state index contributed by atoms with van der Waals surface area (Å²) in [5.74, 6) is 5.91. The van der Waals surface area contributed by atoms with Crippen LogP contribution in [-0.4, -0.2) is 124 Å². The van der Waals surface area contributed by atoms with Gasteiger partial charge in [-0.1, -0.05) is 120 Å². The number of likely N-dealkylation sites (tertiary alicyclic amines) is 3. The van der Waals surface area contributed by atoms with Crippen LogP contribution >= 0.6 is 0 Å². The van der Waals surface area contributed by atoms with E-state index < -0.39 is 0 Å². The van der Waals surface area contributed by atoms with Gasteiger partial charge in [0.25, 0.3) is 0 Å². The third-order valence-corrected chi connectivity index (χ3v) is 15.7. The van der Waals surface area contributed by atoms with E-state index in [4.69, 9.17) is 18.9 Å². The molecule has 3 heterocycles. The van der Waals surface area contributed by atoms with Crippen LogP contribution in [-0.2, 0) is 0 Å². The van der Waals surface area contributed by atoms with E-state index in [0.717, 1.165) is 80.1 Å². The standard InChI is InChI=1S/C19H31NO.2C17H27NO.C16H27NO/c1-2-9-18-12-15-20(16-13-18)14-7-4-8-17-21-19-10-5-3-6-11-19;1-16-10-6-8-14-18(16)13-7-3-9-15-19-17-11-4-2-5-12-17;1-16-10-13-18(14-11-16)12-6-3-7-15-19-17-8-4-2-5-9-17;1-3-13-17(4-2)14-9-6-10-15-18-16-11-7-5-8-12-16/h3,5-6,10-11,18H,2,4,7-9,12-17H2,1H3;2,4-5,11-12,16H,3,6-10,13-15H2,1H3;2,4-5,8-9,16H,3,6-7,10-15H2,1H3;5,7-8,11-12H,3-4,6,9-10,13-15H2,1-2H3. The third-order valence-electron chi connectivity index (χ3n) is 15.7. The van der Waals surface area contributed by atoms with Gasteiger partial charge in [0.05, 0.1) is 26.4 Å². The summed E-state index contributed by atoms with van der Waals surface area (Å²) < 4.78 is 22.8. The molecule has 3 aliphatic heterocycles. The highest BCUT2D eigenvalue weighted by Crippen LogP contribution is 2.23. The number of rotatable bonds is 33. The summed E-state index contributed by atoms with van der Waals surface area (Å²) in [6.07, 6.45) is 28.8. The number of benzene rings is 4. The largest absolute Gasteiger partial charge is 0.494 e. The first kappa shape index (κ1) is 65.4. The number of nitrogens with zero attached hydrogens (tertiary/aromatic N) is 4. The van der Waals surface area contributed by atoms with Gasteiger partial charge in [0.15, 0.2) is 0 Å². The molecular weight excluding hydrogens is 949 g/mol. The van der Waals surface area contributed by atoms with Crippen molar-refractivity contribution in [3.63, 3.8) is 0 Å². The first-order valence-corrected chi connectivity index (χ1v) is 31.6. The number of ether oxygens (including phenoxy) is 4. The minimum absolute atomic E-state index is 0.800. The summed E-state index contributed by atoms with van der Waals surface area (Å²) >= 11 is 0. The Labute approximate surface area is 473 Å². The predicted octanol–water partition coefficient (Wildman–Crippen LogP) is 16.8. The average Bonchev–Trinajstić information content (AvgIpc) is 3.47. The lowest BCUT2D eigenvalue weighted by molar-refractivity contribution is 0.156. The number of para-hydroxylation sites is 4. The Bertz CT molecular complexity index is 1860. The molecule has 0 aromatic heterocycles. The molecule has 3 fully saturated rings. The zero-order chi connectivity index (χ0) is 54.5. The van der Waals surface area contributed by atoms with E-state index in [9.17, 15) is 0 Å². The fourth-order valence-corrected chi connectivity index (χ4v) is 10.7. The Morgan fingerprint density at radius 3 is 1.19 bits per heavy atom. The molecule has 4 aromatic rings. The second kappa shape index (κ2) is 44.7. The van der Waals surface area contributed by atoms with Crippen molar-refractivity contribution in [2.75, 3.05) is 98.4 Å². The quantitative estimate of drug-likeness (QED) is 0.0438. The molecule has 1 unspecified atom stereocenters. The minimum Gasteiger partial charge on any atom is -0.494 e. The average molecular weight is 1060 g/mol. The smallest absolute Gasteiger partial charge is 0.119 e. The maximum absolute atomic E-state index is 5.73. The molecule has 8 nitrogen and oxygen atoms in total. The van der Waals surface area contributed by atoms with E-state index in [1.807, 2.05) is 121 Å². The fourth-order valence-electron chi connectivity index (χ4n) is 10.7. The summed E-state index contributed by atoms with van der Waals surface area (Å²) in [4.78, 5) is 10.5. The van der Waals surface area contributed by atoms with Gasteiger partial charge in [0.1, 0.15) is 23.0 Å². The molecular formula is C69H112N4O4. The van der Waals surface area contributed by atoms with Crippen LogP contribution in [0.15, 0.2) is 121 Å². The predicted molar refractivity (Wildman–Crippen MR) is 329 cm³/mol. The lowest BCUT2D eigenvalue weighted by atomic mass is 9.92. The number of unbranched alkanes of at least 4 members (excludes halogenated alkanes) is 8. The second-order valence-electron chi connectivity index (χ2n) is 22.3. The van der Waals surface area contributed by atoms with Crippen LogP contribution in [0, 0.1) is 11.8 Å². The highest BCUT2D eigenvalue weighted by Gasteiger charge is 2.19. The van der Waals surface area contributed by atoms with Gasteiger partial charge in [-0.05, 0) is 261 Å². The first-order chi connectivity index (χ1) is 37.9. The van der Waals surface area contributed by atoms with Crippen molar-refractivity contribution in [2.45, 2.75) is 182 Å². The van der Waals surface area contributed by atoms with E-state index in [1.165, 1.54) is 200 Å². The molecule has 0 N–H and O–H groups in total. The molecule has 1 atom stereocenters. The van der Waals surface area contributed by atoms with Gasteiger partial charge in [-0.2, -0.15) is 0 Å². The summed E-state index contributed by atoms with van der Waals surface area (Å²) in [6, 6.07) is 41.2. The molecule has 3 aliphatic rings. The molecule has 0 bridgehead atoms. The van der Waals surface area contributed by atoms with Crippen molar-refractivity contribution in [3.05, 3.63) is 121 Å². The Morgan fingerprint density at radius 1 is 0.403 bits per heavy atom. The molecule has 0 saturated carbocycles. The first-order valence-electron chi connectivity index (χ1n) is 31.6. The maximum atomic E-state index is 5.73. The molecule has 77 heavy (non-hydrogen) atoms. The lowest BCUT2D eigenvalue weighted by Gasteiger charge is -2.33. The highest BCUT2D eigenvalue weighted by molar-refractivity contribution is 5.23. The van der Waals surface area contributed by atoms with Gasteiger partial charge < -0.3 is 38.5 Å². The van der Waals surface area contributed by atoms with Gasteiger partial charge in [-0.3, -0.25) is 0 Å². The van der Waals surface area contributed by atoms with Crippen LogP contribution in [0.5, 0.6) is 23.0 Å². The molecule has 0 amide bonds. The second-order valence-corrected chi connectivity index (χ2v) is 22.3. The Balaban J connectivity index is 0.000000222. The SMILES string of the molecule is CC1CCCCN1CCCCCOc1ccccc1.CC1CCN(CCCCCOc2ccccc2)CC1.CCCC1CCN(CCCCCOc2ccccc2)CC1.CCCN(CC)CCCCCOc1ccccc1. The summed E-state index contributed by atoms with van der Waals surface area (Å²) in [5, 5.41) is 0. The van der Waals surface area contributed by atoms with Crippen LogP contribution in [0.2, 0.25) is 0 Å². The van der Waals surface area contributed by atoms with Gasteiger partial charge in [0, 0.05) is 6.04 Å². The maximum Gasteiger partial charge on any atom is 0.119 e. The lowest BCUT2D eigenvalue weighted by Crippen LogP contribution is -2.37. The molecule has 7 rings (SSSR count). The molecule has 3 saturated heterocycles.